The first-order valence-electron chi connectivity index (χ1n) is 23.3. The summed E-state index contributed by atoms with van der Waals surface area (Å²) in [5, 5.41) is 10.7. The van der Waals surface area contributed by atoms with Crippen molar-refractivity contribution in [1.82, 2.24) is 19.1 Å². The SMILES string of the molecule is c1ccc(-c2ccc(-c3nc(-n4c5ccc(-c6ccc7c(c6)c6ccccc6n7-c6ccccc6)cc5c5c6cccc7c6c(cc54)-c4ccccc4-7)nc4ccc5ccccc5c34)cc2)cc1. The normalized spacial score (nSPS) is 12.1. The van der Waals surface area contributed by atoms with Crippen molar-refractivity contribution in [3.05, 3.63) is 231 Å². The Morgan fingerprint density at radius 2 is 0.868 bits per heavy atom. The van der Waals surface area contributed by atoms with Gasteiger partial charge in [0.2, 0.25) is 5.95 Å². The van der Waals surface area contributed by atoms with Crippen LogP contribution in [0.2, 0.25) is 0 Å². The summed E-state index contributed by atoms with van der Waals surface area (Å²) in [6, 6.07) is 83.8. The number of para-hydroxylation sites is 2. The number of nitrogens with zero attached hydrogens (tertiary/aromatic N) is 4. The second-order valence-corrected chi connectivity index (χ2v) is 18.1. The van der Waals surface area contributed by atoms with Gasteiger partial charge in [0.25, 0.3) is 0 Å². The van der Waals surface area contributed by atoms with Gasteiger partial charge < -0.3 is 4.57 Å². The molecule has 3 heterocycles. The van der Waals surface area contributed by atoms with Gasteiger partial charge in [0.05, 0.1) is 33.3 Å². The molecule has 15 rings (SSSR count). The first-order chi connectivity index (χ1) is 33.7. The van der Waals surface area contributed by atoms with Crippen molar-refractivity contribution in [2.45, 2.75) is 0 Å². The number of benzene rings is 11. The van der Waals surface area contributed by atoms with Crippen molar-refractivity contribution in [3.8, 4) is 67.4 Å². The molecule has 0 bridgehead atoms. The van der Waals surface area contributed by atoms with Gasteiger partial charge in [-0.3, -0.25) is 4.57 Å². The highest BCUT2D eigenvalue weighted by Gasteiger charge is 2.27. The van der Waals surface area contributed by atoms with E-state index >= 15 is 0 Å². The van der Waals surface area contributed by atoms with Crippen molar-refractivity contribution >= 4 is 76.1 Å². The van der Waals surface area contributed by atoms with Gasteiger partial charge in [0.1, 0.15) is 0 Å². The molecule has 4 heteroatoms. The molecule has 0 aliphatic heterocycles. The van der Waals surface area contributed by atoms with Crippen LogP contribution in [0.25, 0.3) is 143 Å². The highest BCUT2D eigenvalue weighted by Crippen LogP contribution is 2.51. The Hall–Kier alpha value is -9.12. The van der Waals surface area contributed by atoms with Crippen LogP contribution in [0, 0.1) is 0 Å². The molecule has 0 amide bonds. The zero-order chi connectivity index (χ0) is 44.5. The van der Waals surface area contributed by atoms with Crippen LogP contribution in [0.15, 0.2) is 231 Å². The van der Waals surface area contributed by atoms with Crippen LogP contribution in [-0.2, 0) is 0 Å². The molecule has 0 spiro atoms. The highest BCUT2D eigenvalue weighted by atomic mass is 15.2. The predicted octanol–water partition coefficient (Wildman–Crippen LogP) is 16.8. The molecule has 1 aliphatic carbocycles. The lowest BCUT2D eigenvalue weighted by atomic mass is 9.96. The summed E-state index contributed by atoms with van der Waals surface area (Å²) in [5.41, 5.74) is 18.3. The van der Waals surface area contributed by atoms with Crippen LogP contribution >= 0.6 is 0 Å². The highest BCUT2D eigenvalue weighted by molar-refractivity contribution is 6.29. The summed E-state index contributed by atoms with van der Waals surface area (Å²) in [6.07, 6.45) is 0. The number of hydrogen-bond donors (Lipinski definition) is 0. The first kappa shape index (κ1) is 37.1. The average molecular weight is 863 g/mol. The Bertz CT molecular complexity index is 4410. The lowest BCUT2D eigenvalue weighted by Crippen LogP contribution is -2.04. The maximum absolute atomic E-state index is 5.68. The molecule has 3 aromatic heterocycles. The molecule has 11 aromatic carbocycles. The third-order valence-corrected chi connectivity index (χ3v) is 14.5. The van der Waals surface area contributed by atoms with Gasteiger partial charge in [-0.05, 0) is 121 Å². The lowest BCUT2D eigenvalue weighted by Gasteiger charge is -2.14. The van der Waals surface area contributed by atoms with Crippen LogP contribution in [-0.4, -0.2) is 19.1 Å². The summed E-state index contributed by atoms with van der Waals surface area (Å²) in [5.74, 6) is 0.645. The summed E-state index contributed by atoms with van der Waals surface area (Å²) < 4.78 is 4.70. The zero-order valence-corrected chi connectivity index (χ0v) is 36.7. The zero-order valence-electron chi connectivity index (χ0n) is 36.7. The molecule has 0 atom stereocenters. The fourth-order valence-electron chi connectivity index (χ4n) is 11.4. The maximum atomic E-state index is 5.68. The Morgan fingerprint density at radius 1 is 0.279 bits per heavy atom. The Labute approximate surface area is 391 Å². The fraction of sp³-hybridized carbons (Fsp3) is 0. The molecule has 314 valence electrons. The van der Waals surface area contributed by atoms with E-state index in [1.54, 1.807) is 0 Å². The van der Waals surface area contributed by atoms with Gasteiger partial charge in [-0.25, -0.2) is 9.97 Å². The third kappa shape index (κ3) is 5.31. The van der Waals surface area contributed by atoms with Crippen LogP contribution in [0.3, 0.4) is 0 Å². The minimum absolute atomic E-state index is 0.645. The van der Waals surface area contributed by atoms with E-state index in [1.807, 2.05) is 0 Å². The molecule has 4 nitrogen and oxygen atoms in total. The Kier molecular flexibility index (Phi) is 7.75. The standard InChI is InChI=1S/C64H38N4/c1-3-14-39(15-4-1)40-26-28-42(29-27-40)63-62-46-19-8-7-16-41(46)30-33-55(62)65-64(66-63)68-58-35-32-44(43-31-34-57-52(36-43)49-22-11-12-25-56(49)67(57)45-17-5-2-6-18-45)37-54(58)61-51-24-13-23-50-47-20-9-10-21-48(47)53(60(50)51)38-59(61)68/h1-38H. The van der Waals surface area contributed by atoms with Gasteiger partial charge in [-0.15, -0.1) is 0 Å². The molecule has 0 radical (unpaired) electrons. The first-order valence-corrected chi connectivity index (χ1v) is 23.3. The number of rotatable bonds is 5. The molecule has 14 aromatic rings. The Morgan fingerprint density at radius 3 is 1.68 bits per heavy atom. The van der Waals surface area contributed by atoms with Crippen molar-refractivity contribution in [2.24, 2.45) is 0 Å². The third-order valence-electron chi connectivity index (χ3n) is 14.5. The van der Waals surface area contributed by atoms with Gasteiger partial charge >= 0.3 is 0 Å². The molecule has 68 heavy (non-hydrogen) atoms. The molecule has 0 N–H and O–H groups in total. The van der Waals surface area contributed by atoms with E-state index in [2.05, 4.69) is 240 Å². The summed E-state index contributed by atoms with van der Waals surface area (Å²) in [4.78, 5) is 11.2. The van der Waals surface area contributed by atoms with E-state index in [0.717, 1.165) is 55.2 Å². The summed E-state index contributed by atoms with van der Waals surface area (Å²) in [6.45, 7) is 0. The van der Waals surface area contributed by atoms with E-state index in [4.69, 9.17) is 9.97 Å². The van der Waals surface area contributed by atoms with E-state index in [1.165, 1.54) is 82.3 Å². The summed E-state index contributed by atoms with van der Waals surface area (Å²) >= 11 is 0. The largest absolute Gasteiger partial charge is 0.309 e. The van der Waals surface area contributed by atoms with E-state index in [9.17, 15) is 0 Å². The fourth-order valence-corrected chi connectivity index (χ4v) is 11.4. The van der Waals surface area contributed by atoms with Crippen molar-refractivity contribution in [3.63, 3.8) is 0 Å². The van der Waals surface area contributed by atoms with E-state index in [-0.39, 0.29) is 0 Å². The lowest BCUT2D eigenvalue weighted by molar-refractivity contribution is 1.01. The van der Waals surface area contributed by atoms with Crippen molar-refractivity contribution < 1.29 is 0 Å². The second kappa shape index (κ2) is 14.2. The van der Waals surface area contributed by atoms with Gasteiger partial charge in [0, 0.05) is 38.2 Å². The smallest absolute Gasteiger partial charge is 0.235 e. The predicted molar refractivity (Wildman–Crippen MR) is 284 cm³/mol. The minimum Gasteiger partial charge on any atom is -0.309 e. The number of fused-ring (bicyclic) bond motifs is 13. The average Bonchev–Trinajstić information content (AvgIpc) is 4.04. The summed E-state index contributed by atoms with van der Waals surface area (Å²) in [7, 11) is 0. The van der Waals surface area contributed by atoms with Crippen molar-refractivity contribution in [2.75, 3.05) is 0 Å². The van der Waals surface area contributed by atoms with Crippen molar-refractivity contribution in [1.29, 1.82) is 0 Å². The van der Waals surface area contributed by atoms with E-state index < -0.39 is 0 Å². The molecule has 1 aliphatic rings. The molecule has 0 unspecified atom stereocenters. The molecule has 0 saturated heterocycles. The van der Waals surface area contributed by atoms with Gasteiger partial charge in [-0.1, -0.05) is 176 Å². The maximum Gasteiger partial charge on any atom is 0.235 e. The van der Waals surface area contributed by atoms with Crippen LogP contribution in [0.5, 0.6) is 0 Å². The quantitative estimate of drug-likeness (QED) is 0.162. The molecular weight excluding hydrogens is 825 g/mol. The number of aromatic nitrogens is 4. The Balaban J connectivity index is 1.01. The molecule has 0 fully saturated rings. The molecular formula is C64H38N4. The van der Waals surface area contributed by atoms with Crippen LogP contribution in [0.4, 0.5) is 0 Å². The minimum atomic E-state index is 0.645. The van der Waals surface area contributed by atoms with Crippen LogP contribution < -0.4 is 0 Å². The number of hydrogen-bond acceptors (Lipinski definition) is 2. The second-order valence-electron chi connectivity index (χ2n) is 18.1. The molecule has 0 saturated carbocycles. The van der Waals surface area contributed by atoms with Crippen LogP contribution in [0.1, 0.15) is 0 Å². The monoisotopic (exact) mass is 862 g/mol. The topological polar surface area (TPSA) is 35.6 Å². The van der Waals surface area contributed by atoms with Gasteiger partial charge in [0.15, 0.2) is 0 Å². The van der Waals surface area contributed by atoms with E-state index in [0.29, 0.717) is 5.95 Å². The van der Waals surface area contributed by atoms with Gasteiger partial charge in [-0.2, -0.15) is 0 Å².